The molecule has 0 saturated carbocycles. The van der Waals surface area contributed by atoms with Crippen molar-refractivity contribution in [3.8, 4) is 0 Å². The Morgan fingerprint density at radius 1 is 1.35 bits per heavy atom. The fraction of sp³-hybridized carbons (Fsp3) is 0.529. The molecule has 128 valence electrons. The average molecular weight is 344 g/mol. The van der Waals surface area contributed by atoms with E-state index in [0.29, 0.717) is 11.5 Å². The third-order valence-electron chi connectivity index (χ3n) is 3.31. The molecule has 0 unspecified atom stereocenters. The Morgan fingerprint density at radius 3 is 2.43 bits per heavy atom. The van der Waals surface area contributed by atoms with Gasteiger partial charge in [0.05, 0.1) is 5.56 Å². The fourth-order valence-corrected chi connectivity index (χ4v) is 2.31. The van der Waals surface area contributed by atoms with Crippen molar-refractivity contribution in [3.05, 3.63) is 34.6 Å². The van der Waals surface area contributed by atoms with Crippen molar-refractivity contribution in [2.45, 2.75) is 39.2 Å². The Labute approximate surface area is 141 Å². The van der Waals surface area contributed by atoms with Gasteiger partial charge in [-0.25, -0.2) is 4.39 Å². The van der Waals surface area contributed by atoms with Crippen LogP contribution < -0.4 is 5.32 Å². The van der Waals surface area contributed by atoms with Crippen LogP contribution in [0, 0.1) is 11.7 Å². The lowest BCUT2D eigenvalue weighted by atomic mass is 9.89. The Balaban J connectivity index is 0.000000322. The van der Waals surface area contributed by atoms with E-state index in [-0.39, 0.29) is 22.9 Å². The molecule has 1 aromatic rings. The van der Waals surface area contributed by atoms with Crippen molar-refractivity contribution < 1.29 is 18.7 Å². The van der Waals surface area contributed by atoms with Crippen LogP contribution >= 0.6 is 11.6 Å². The molecule has 1 aliphatic rings. The van der Waals surface area contributed by atoms with Gasteiger partial charge in [-0.3, -0.25) is 9.59 Å². The lowest BCUT2D eigenvalue weighted by molar-refractivity contribution is -0.138. The van der Waals surface area contributed by atoms with Crippen LogP contribution in [0.3, 0.4) is 0 Å². The standard InChI is InChI=1S/C12H13ClFNO.C5H10O2/c13-9-1-2-11(14)10(7-9)12(16)8-3-5-15-6-4-8;1-5(2,3)7-4-6/h1-2,7-8,15H,3-6H2;4H,1-3H3. The van der Waals surface area contributed by atoms with E-state index in [1.54, 1.807) is 0 Å². The third kappa shape index (κ3) is 7.10. The van der Waals surface area contributed by atoms with Gasteiger partial charge in [0.2, 0.25) is 0 Å². The maximum atomic E-state index is 13.5. The molecule has 0 atom stereocenters. The number of halogens is 2. The third-order valence-corrected chi connectivity index (χ3v) is 3.54. The smallest absolute Gasteiger partial charge is 0.293 e. The summed E-state index contributed by atoms with van der Waals surface area (Å²) in [5.41, 5.74) is -0.193. The van der Waals surface area contributed by atoms with Crippen molar-refractivity contribution in [2.75, 3.05) is 13.1 Å². The fourth-order valence-electron chi connectivity index (χ4n) is 2.13. The maximum absolute atomic E-state index is 13.5. The van der Waals surface area contributed by atoms with E-state index in [2.05, 4.69) is 10.1 Å². The van der Waals surface area contributed by atoms with Gasteiger partial charge in [0.15, 0.2) is 5.78 Å². The number of Topliss-reactive ketones (excluding diaryl/α,β-unsaturated/α-hetero) is 1. The van der Waals surface area contributed by atoms with Gasteiger partial charge in [0.25, 0.3) is 6.47 Å². The van der Waals surface area contributed by atoms with Crippen LogP contribution in [-0.2, 0) is 9.53 Å². The highest BCUT2D eigenvalue weighted by Gasteiger charge is 2.24. The summed E-state index contributed by atoms with van der Waals surface area (Å²) in [5, 5.41) is 3.58. The van der Waals surface area contributed by atoms with Crippen molar-refractivity contribution in [1.29, 1.82) is 0 Å². The summed E-state index contributed by atoms with van der Waals surface area (Å²) in [4.78, 5) is 21.6. The minimum Gasteiger partial charge on any atom is -0.462 e. The quantitative estimate of drug-likeness (QED) is 0.672. The Kier molecular flexibility index (Phi) is 7.65. The molecule has 6 heteroatoms. The first kappa shape index (κ1) is 19.6. The molecule has 0 aliphatic carbocycles. The van der Waals surface area contributed by atoms with Crippen LogP contribution in [0.25, 0.3) is 0 Å². The summed E-state index contributed by atoms with van der Waals surface area (Å²) < 4.78 is 18.0. The molecule has 1 N–H and O–H groups in total. The number of hydrogen-bond acceptors (Lipinski definition) is 4. The molecule has 4 nitrogen and oxygen atoms in total. The second-order valence-electron chi connectivity index (χ2n) is 6.34. The molecule has 0 bridgehead atoms. The number of ketones is 1. The van der Waals surface area contributed by atoms with Gasteiger partial charge in [-0.15, -0.1) is 0 Å². The minimum atomic E-state index is -0.479. The van der Waals surface area contributed by atoms with Crippen LogP contribution in [0.15, 0.2) is 18.2 Å². The van der Waals surface area contributed by atoms with Crippen LogP contribution in [-0.4, -0.2) is 30.9 Å². The van der Waals surface area contributed by atoms with Crippen molar-refractivity contribution in [1.82, 2.24) is 5.32 Å². The second-order valence-corrected chi connectivity index (χ2v) is 6.78. The van der Waals surface area contributed by atoms with Gasteiger partial charge in [-0.05, 0) is 64.9 Å². The summed E-state index contributed by atoms with van der Waals surface area (Å²) >= 11 is 5.77. The van der Waals surface area contributed by atoms with Gasteiger partial charge in [-0.2, -0.15) is 0 Å². The molecule has 1 heterocycles. The zero-order valence-corrected chi connectivity index (χ0v) is 14.5. The number of benzene rings is 1. The molecular weight excluding hydrogens is 321 g/mol. The summed E-state index contributed by atoms with van der Waals surface area (Å²) in [6, 6.07) is 4.12. The molecule has 1 aromatic carbocycles. The predicted molar refractivity (Wildman–Crippen MR) is 88.2 cm³/mol. The largest absolute Gasteiger partial charge is 0.462 e. The van der Waals surface area contributed by atoms with Gasteiger partial charge in [-0.1, -0.05) is 11.6 Å². The zero-order chi connectivity index (χ0) is 17.5. The zero-order valence-electron chi connectivity index (χ0n) is 13.7. The molecule has 0 aromatic heterocycles. The van der Waals surface area contributed by atoms with Crippen molar-refractivity contribution in [3.63, 3.8) is 0 Å². The van der Waals surface area contributed by atoms with E-state index in [1.807, 2.05) is 20.8 Å². The number of hydrogen-bond donors (Lipinski definition) is 1. The number of rotatable bonds is 3. The second kappa shape index (κ2) is 8.99. The van der Waals surface area contributed by atoms with E-state index < -0.39 is 5.82 Å². The van der Waals surface area contributed by atoms with E-state index in [4.69, 9.17) is 11.6 Å². The van der Waals surface area contributed by atoms with Gasteiger partial charge >= 0.3 is 0 Å². The first-order valence-corrected chi connectivity index (χ1v) is 7.94. The molecule has 0 amide bonds. The number of carbonyl (C=O) groups is 2. The Morgan fingerprint density at radius 2 is 1.96 bits per heavy atom. The molecule has 0 spiro atoms. The number of nitrogens with one attached hydrogen (secondary N) is 1. The summed E-state index contributed by atoms with van der Waals surface area (Å²) in [7, 11) is 0. The summed E-state index contributed by atoms with van der Waals surface area (Å²) in [6.45, 7) is 7.56. The molecule has 1 fully saturated rings. The maximum Gasteiger partial charge on any atom is 0.293 e. The summed E-state index contributed by atoms with van der Waals surface area (Å²) in [5.74, 6) is -0.677. The monoisotopic (exact) mass is 343 g/mol. The molecular formula is C17H23ClFNO3. The van der Waals surface area contributed by atoms with E-state index >= 15 is 0 Å². The van der Waals surface area contributed by atoms with Crippen molar-refractivity contribution in [2.24, 2.45) is 5.92 Å². The molecule has 23 heavy (non-hydrogen) atoms. The molecule has 2 rings (SSSR count). The summed E-state index contributed by atoms with van der Waals surface area (Å²) in [6.07, 6.45) is 1.54. The lowest BCUT2D eigenvalue weighted by Crippen LogP contribution is -2.32. The number of carbonyl (C=O) groups excluding carboxylic acids is 2. The average Bonchev–Trinajstić information content (AvgIpc) is 2.49. The minimum absolute atomic E-state index is 0.0748. The Hall–Kier alpha value is -1.46. The van der Waals surface area contributed by atoms with Crippen molar-refractivity contribution >= 4 is 23.9 Å². The highest BCUT2D eigenvalue weighted by molar-refractivity contribution is 6.31. The van der Waals surface area contributed by atoms with E-state index in [1.165, 1.54) is 18.2 Å². The van der Waals surface area contributed by atoms with E-state index in [9.17, 15) is 14.0 Å². The van der Waals surface area contributed by atoms with Crippen LogP contribution in [0.2, 0.25) is 5.02 Å². The topological polar surface area (TPSA) is 55.4 Å². The normalized spacial score (nSPS) is 15.3. The first-order valence-electron chi connectivity index (χ1n) is 7.56. The molecule has 1 saturated heterocycles. The molecule has 0 radical (unpaired) electrons. The predicted octanol–water partition coefficient (Wildman–Crippen LogP) is 3.62. The van der Waals surface area contributed by atoms with Gasteiger partial charge in [0, 0.05) is 10.9 Å². The number of piperidine rings is 1. The SMILES string of the molecule is CC(C)(C)OC=O.O=C(c1cc(Cl)ccc1F)C1CCNCC1. The van der Waals surface area contributed by atoms with Crippen LogP contribution in [0.1, 0.15) is 44.0 Å². The van der Waals surface area contributed by atoms with Crippen LogP contribution in [0.4, 0.5) is 4.39 Å². The van der Waals surface area contributed by atoms with Crippen LogP contribution in [0.5, 0.6) is 0 Å². The van der Waals surface area contributed by atoms with Gasteiger partial charge in [0.1, 0.15) is 11.4 Å². The highest BCUT2D eigenvalue weighted by atomic mass is 35.5. The van der Waals surface area contributed by atoms with E-state index in [0.717, 1.165) is 25.9 Å². The highest BCUT2D eigenvalue weighted by Crippen LogP contribution is 2.22. The molecule has 1 aliphatic heterocycles. The lowest BCUT2D eigenvalue weighted by Gasteiger charge is -2.21. The Bertz CT molecular complexity index is 537. The van der Waals surface area contributed by atoms with Gasteiger partial charge < -0.3 is 10.1 Å². The first-order chi connectivity index (χ1) is 10.7. The number of ether oxygens (including phenoxy) is 1.